The Hall–Kier alpha value is -3.18. The van der Waals surface area contributed by atoms with Crippen LogP contribution in [0, 0.1) is 0 Å². The number of hydrogen-bond acceptors (Lipinski definition) is 3. The number of furan rings is 1. The van der Waals surface area contributed by atoms with Gasteiger partial charge in [0.05, 0.1) is 18.4 Å². The van der Waals surface area contributed by atoms with Crippen molar-refractivity contribution in [2.45, 2.75) is 25.6 Å². The van der Waals surface area contributed by atoms with Crippen molar-refractivity contribution >= 4 is 17.5 Å². The van der Waals surface area contributed by atoms with E-state index in [1.165, 1.54) is 4.90 Å². The average molecular weight is 361 g/mol. The van der Waals surface area contributed by atoms with E-state index in [-0.39, 0.29) is 18.2 Å². The molecule has 0 radical (unpaired) electrons. The lowest BCUT2D eigenvalue weighted by Crippen LogP contribution is -3.14. The number of anilines is 1. The third kappa shape index (κ3) is 3.68. The molecule has 2 amide bonds. The predicted molar refractivity (Wildman–Crippen MR) is 101 cm³/mol. The summed E-state index contributed by atoms with van der Waals surface area (Å²) in [7, 11) is 0. The van der Waals surface area contributed by atoms with E-state index in [0.29, 0.717) is 18.8 Å². The normalized spacial score (nSPS) is 18.1. The minimum Gasteiger partial charge on any atom is -0.463 e. The molecule has 3 aromatic rings. The van der Waals surface area contributed by atoms with Gasteiger partial charge in [0.2, 0.25) is 5.91 Å². The summed E-state index contributed by atoms with van der Waals surface area (Å²) in [6.45, 7) is 1.20. The molecule has 0 aliphatic carbocycles. The van der Waals surface area contributed by atoms with Crippen molar-refractivity contribution in [3.05, 3.63) is 90.4 Å². The van der Waals surface area contributed by atoms with Gasteiger partial charge in [0.15, 0.2) is 11.8 Å². The maximum Gasteiger partial charge on any atom is 0.292 e. The predicted octanol–water partition coefficient (Wildman–Crippen LogP) is 2.20. The Bertz CT molecular complexity index is 907. The number of para-hydroxylation sites is 1. The zero-order valence-electron chi connectivity index (χ0n) is 14.9. The first kappa shape index (κ1) is 17.2. The summed E-state index contributed by atoms with van der Waals surface area (Å²) >= 11 is 0. The molecule has 2 aromatic carbocycles. The van der Waals surface area contributed by atoms with Gasteiger partial charge in [-0.3, -0.25) is 9.59 Å². The van der Waals surface area contributed by atoms with Gasteiger partial charge in [-0.25, -0.2) is 4.90 Å². The fourth-order valence-corrected chi connectivity index (χ4v) is 3.60. The van der Waals surface area contributed by atoms with Crippen LogP contribution in [0.1, 0.15) is 17.7 Å². The molecule has 27 heavy (non-hydrogen) atoms. The van der Waals surface area contributed by atoms with Crippen molar-refractivity contribution in [2.75, 3.05) is 4.90 Å². The topological polar surface area (TPSA) is 55.0 Å². The van der Waals surface area contributed by atoms with E-state index in [1.54, 1.807) is 18.4 Å². The third-order valence-electron chi connectivity index (χ3n) is 4.91. The molecule has 5 nitrogen and oxygen atoms in total. The van der Waals surface area contributed by atoms with E-state index in [0.717, 1.165) is 16.2 Å². The highest BCUT2D eigenvalue weighted by atomic mass is 16.3. The van der Waals surface area contributed by atoms with Crippen molar-refractivity contribution in [2.24, 2.45) is 0 Å². The van der Waals surface area contributed by atoms with Crippen LogP contribution in [-0.2, 0) is 22.7 Å². The van der Waals surface area contributed by atoms with E-state index in [4.69, 9.17) is 4.42 Å². The first-order chi connectivity index (χ1) is 13.2. The molecule has 5 heteroatoms. The van der Waals surface area contributed by atoms with Crippen LogP contribution in [0.25, 0.3) is 0 Å². The van der Waals surface area contributed by atoms with Crippen LogP contribution in [0.2, 0.25) is 0 Å². The van der Waals surface area contributed by atoms with Crippen LogP contribution in [0.15, 0.2) is 83.5 Å². The van der Waals surface area contributed by atoms with E-state index >= 15 is 0 Å². The molecule has 1 N–H and O–H groups in total. The minimum absolute atomic E-state index is 0.149. The standard InChI is InChI=1S/C22H20N2O3/c25-21-14-20(22(26)24(21)18-10-5-2-6-11-18)23(16-19-12-7-13-27-19)15-17-8-3-1-4-9-17/h1-13,20H,14-16H2/p+1/t20-/m0/s1. The third-order valence-corrected chi connectivity index (χ3v) is 4.91. The molecule has 2 atom stereocenters. The highest BCUT2D eigenvalue weighted by Gasteiger charge is 2.45. The van der Waals surface area contributed by atoms with Gasteiger partial charge in [0.1, 0.15) is 13.1 Å². The van der Waals surface area contributed by atoms with Gasteiger partial charge in [0.25, 0.3) is 5.91 Å². The summed E-state index contributed by atoms with van der Waals surface area (Å²) < 4.78 is 5.50. The maximum atomic E-state index is 13.1. The molecule has 0 spiro atoms. The number of carbonyl (C=O) groups is 2. The van der Waals surface area contributed by atoms with Gasteiger partial charge >= 0.3 is 0 Å². The Labute approximate surface area is 157 Å². The van der Waals surface area contributed by atoms with Crippen LogP contribution in [0.5, 0.6) is 0 Å². The molecule has 1 saturated heterocycles. The Morgan fingerprint density at radius 1 is 0.889 bits per heavy atom. The number of amides is 2. The van der Waals surface area contributed by atoms with E-state index in [9.17, 15) is 9.59 Å². The van der Waals surface area contributed by atoms with Crippen molar-refractivity contribution < 1.29 is 18.9 Å². The summed E-state index contributed by atoms with van der Waals surface area (Å²) in [6.07, 6.45) is 1.84. The lowest BCUT2D eigenvalue weighted by Gasteiger charge is -2.24. The van der Waals surface area contributed by atoms with Crippen molar-refractivity contribution in [3.63, 3.8) is 0 Å². The van der Waals surface area contributed by atoms with Crippen LogP contribution < -0.4 is 9.80 Å². The smallest absolute Gasteiger partial charge is 0.292 e. The van der Waals surface area contributed by atoms with Gasteiger partial charge < -0.3 is 9.32 Å². The lowest BCUT2D eigenvalue weighted by atomic mass is 10.1. The lowest BCUT2D eigenvalue weighted by molar-refractivity contribution is -0.942. The van der Waals surface area contributed by atoms with Crippen molar-refractivity contribution in [1.82, 2.24) is 0 Å². The maximum absolute atomic E-state index is 13.1. The average Bonchev–Trinajstić information content (AvgIpc) is 3.30. The number of nitrogens with one attached hydrogen (secondary N) is 1. The summed E-state index contributed by atoms with van der Waals surface area (Å²) in [5.41, 5.74) is 1.75. The Balaban J connectivity index is 1.61. The van der Waals surface area contributed by atoms with Gasteiger partial charge in [-0.2, -0.15) is 0 Å². The van der Waals surface area contributed by atoms with Crippen LogP contribution >= 0.6 is 0 Å². The Morgan fingerprint density at radius 3 is 2.26 bits per heavy atom. The molecule has 2 heterocycles. The SMILES string of the molecule is O=C1C[C@H]([NH+](Cc2ccccc2)Cc2ccco2)C(=O)N1c1ccccc1. The largest absolute Gasteiger partial charge is 0.463 e. The second kappa shape index (κ2) is 7.60. The number of quaternary nitrogens is 1. The number of imide groups is 1. The highest BCUT2D eigenvalue weighted by Crippen LogP contribution is 2.21. The molecule has 136 valence electrons. The van der Waals surface area contributed by atoms with E-state index < -0.39 is 6.04 Å². The molecule has 0 saturated carbocycles. The van der Waals surface area contributed by atoms with Crippen molar-refractivity contribution in [3.8, 4) is 0 Å². The molecule has 0 bridgehead atoms. The van der Waals surface area contributed by atoms with Crippen LogP contribution in [-0.4, -0.2) is 17.9 Å². The Kier molecular flexibility index (Phi) is 4.85. The molecular weight excluding hydrogens is 340 g/mol. The zero-order chi connectivity index (χ0) is 18.6. The van der Waals surface area contributed by atoms with Crippen LogP contribution in [0.4, 0.5) is 5.69 Å². The molecule has 1 unspecified atom stereocenters. The quantitative estimate of drug-likeness (QED) is 0.685. The van der Waals surface area contributed by atoms with Gasteiger partial charge in [-0.15, -0.1) is 0 Å². The summed E-state index contributed by atoms with van der Waals surface area (Å²) in [6, 6.07) is 22.5. The monoisotopic (exact) mass is 361 g/mol. The molecule has 1 fully saturated rings. The number of carbonyl (C=O) groups excluding carboxylic acids is 2. The molecular formula is C22H21N2O3+. The summed E-state index contributed by atoms with van der Waals surface area (Å²) in [5, 5.41) is 0. The second-order valence-corrected chi connectivity index (χ2v) is 6.74. The molecule has 4 rings (SSSR count). The fraction of sp³-hybridized carbons (Fsp3) is 0.182. The summed E-state index contributed by atoms with van der Waals surface area (Å²) in [4.78, 5) is 28.1. The molecule has 1 aliphatic heterocycles. The first-order valence-corrected chi connectivity index (χ1v) is 9.05. The Morgan fingerprint density at radius 2 is 1.59 bits per heavy atom. The molecule has 1 aliphatic rings. The van der Waals surface area contributed by atoms with Crippen molar-refractivity contribution in [1.29, 1.82) is 0 Å². The number of benzene rings is 2. The van der Waals surface area contributed by atoms with Gasteiger partial charge in [0, 0.05) is 5.56 Å². The zero-order valence-corrected chi connectivity index (χ0v) is 14.9. The highest BCUT2D eigenvalue weighted by molar-refractivity contribution is 6.21. The second-order valence-electron chi connectivity index (χ2n) is 6.74. The van der Waals surface area contributed by atoms with Gasteiger partial charge in [-0.1, -0.05) is 48.5 Å². The number of nitrogens with zero attached hydrogens (tertiary/aromatic N) is 1. The van der Waals surface area contributed by atoms with Gasteiger partial charge in [-0.05, 0) is 24.3 Å². The van der Waals surface area contributed by atoms with Crippen LogP contribution in [0.3, 0.4) is 0 Å². The summed E-state index contributed by atoms with van der Waals surface area (Å²) in [5.74, 6) is 0.504. The first-order valence-electron chi connectivity index (χ1n) is 9.05. The van der Waals surface area contributed by atoms with E-state index in [1.807, 2.05) is 60.7 Å². The minimum atomic E-state index is -0.428. The fourth-order valence-electron chi connectivity index (χ4n) is 3.60. The molecule has 1 aromatic heterocycles. The number of hydrogen-bond donors (Lipinski definition) is 1. The number of rotatable bonds is 6. The van der Waals surface area contributed by atoms with E-state index in [2.05, 4.69) is 0 Å².